The first-order chi connectivity index (χ1) is 6.74. The minimum Gasteiger partial charge on any atom is -0.399 e. The summed E-state index contributed by atoms with van der Waals surface area (Å²) < 4.78 is 0. The number of nitrogens with one attached hydrogen (secondary N) is 1. The molecule has 1 saturated heterocycles. The van der Waals surface area contributed by atoms with E-state index in [1.807, 2.05) is 24.3 Å². The summed E-state index contributed by atoms with van der Waals surface area (Å²) in [6, 6.07) is 8.52. The van der Waals surface area contributed by atoms with Crippen LogP contribution in [-0.2, 0) is 0 Å². The summed E-state index contributed by atoms with van der Waals surface area (Å²) in [5.41, 5.74) is 7.61. The van der Waals surface area contributed by atoms with Gasteiger partial charge in [0.2, 0.25) is 0 Å². The van der Waals surface area contributed by atoms with E-state index in [4.69, 9.17) is 5.73 Å². The Bertz CT molecular complexity index is 294. The summed E-state index contributed by atoms with van der Waals surface area (Å²) in [5, 5.41) is 3.50. The van der Waals surface area contributed by atoms with Crippen LogP contribution in [-0.4, -0.2) is 31.1 Å². The van der Waals surface area contributed by atoms with Gasteiger partial charge >= 0.3 is 0 Å². The van der Waals surface area contributed by atoms with Crippen molar-refractivity contribution in [3.05, 3.63) is 24.3 Å². The van der Waals surface area contributed by atoms with E-state index in [0.29, 0.717) is 6.04 Å². The zero-order valence-corrected chi connectivity index (χ0v) is 8.53. The van der Waals surface area contributed by atoms with Crippen LogP contribution in [0.2, 0.25) is 0 Å². The summed E-state index contributed by atoms with van der Waals surface area (Å²) in [5.74, 6) is 0. The Hall–Kier alpha value is -1.22. The summed E-state index contributed by atoms with van der Waals surface area (Å²) in [7, 11) is 2.16. The average molecular weight is 191 g/mol. The molecule has 0 radical (unpaired) electrons. The molecule has 1 atom stereocenters. The Morgan fingerprint density at radius 1 is 1.36 bits per heavy atom. The molecule has 0 spiro atoms. The summed E-state index contributed by atoms with van der Waals surface area (Å²) in [6.45, 7) is 2.32. The predicted molar refractivity (Wildman–Crippen MR) is 60.4 cm³/mol. The number of rotatable bonds is 2. The zero-order valence-electron chi connectivity index (χ0n) is 8.53. The maximum atomic E-state index is 5.62. The molecule has 76 valence electrons. The third-order valence-corrected chi connectivity index (χ3v) is 2.67. The molecular weight excluding hydrogens is 174 g/mol. The van der Waals surface area contributed by atoms with Crippen molar-refractivity contribution in [1.29, 1.82) is 0 Å². The van der Waals surface area contributed by atoms with Crippen molar-refractivity contribution < 1.29 is 0 Å². The second kappa shape index (κ2) is 3.88. The summed E-state index contributed by atoms with van der Waals surface area (Å²) in [6.07, 6.45) is 1.22. The predicted octanol–water partition coefficient (Wildman–Crippen LogP) is 1.38. The molecule has 1 aliphatic heterocycles. The molecule has 0 bridgehead atoms. The smallest absolute Gasteiger partial charge is 0.0400 e. The Kier molecular flexibility index (Phi) is 2.59. The van der Waals surface area contributed by atoms with Crippen molar-refractivity contribution in [2.24, 2.45) is 0 Å². The van der Waals surface area contributed by atoms with E-state index in [1.54, 1.807) is 0 Å². The number of nitrogen functional groups attached to an aromatic ring is 1. The fourth-order valence-corrected chi connectivity index (χ4v) is 1.87. The van der Waals surface area contributed by atoms with E-state index in [-0.39, 0.29) is 0 Å². The van der Waals surface area contributed by atoms with Crippen LogP contribution in [0.3, 0.4) is 0 Å². The standard InChI is InChI=1S/C11H17N3/c1-14-7-6-11(8-14)13-10-4-2-9(12)3-5-10/h2-5,11,13H,6-8,12H2,1H3/t11-/m1/s1. The minimum atomic E-state index is 0.587. The lowest BCUT2D eigenvalue weighted by molar-refractivity contribution is 0.414. The van der Waals surface area contributed by atoms with E-state index in [0.717, 1.165) is 12.2 Å². The molecule has 1 fully saturated rings. The maximum absolute atomic E-state index is 5.62. The van der Waals surface area contributed by atoms with Crippen LogP contribution < -0.4 is 11.1 Å². The molecule has 1 heterocycles. The highest BCUT2D eigenvalue weighted by Gasteiger charge is 2.18. The molecule has 1 aromatic carbocycles. The molecule has 0 aliphatic carbocycles. The minimum absolute atomic E-state index is 0.587. The van der Waals surface area contributed by atoms with E-state index in [2.05, 4.69) is 17.3 Å². The topological polar surface area (TPSA) is 41.3 Å². The fourth-order valence-electron chi connectivity index (χ4n) is 1.87. The molecule has 3 nitrogen and oxygen atoms in total. The van der Waals surface area contributed by atoms with Crippen LogP contribution in [0, 0.1) is 0 Å². The van der Waals surface area contributed by atoms with Gasteiger partial charge in [-0.2, -0.15) is 0 Å². The van der Waals surface area contributed by atoms with Gasteiger partial charge in [0.1, 0.15) is 0 Å². The Labute approximate surface area is 84.9 Å². The summed E-state index contributed by atoms with van der Waals surface area (Å²) in [4.78, 5) is 2.34. The molecule has 1 aliphatic rings. The lowest BCUT2D eigenvalue weighted by Gasteiger charge is -2.14. The number of hydrogen-bond donors (Lipinski definition) is 2. The molecule has 1 aromatic rings. The highest BCUT2D eigenvalue weighted by molar-refractivity contribution is 5.51. The van der Waals surface area contributed by atoms with E-state index in [9.17, 15) is 0 Å². The number of hydrogen-bond acceptors (Lipinski definition) is 3. The van der Waals surface area contributed by atoms with Gasteiger partial charge in [0.15, 0.2) is 0 Å². The number of likely N-dealkylation sites (N-methyl/N-ethyl adjacent to an activating group) is 1. The normalized spacial score (nSPS) is 22.5. The van der Waals surface area contributed by atoms with Crippen molar-refractivity contribution >= 4 is 11.4 Å². The van der Waals surface area contributed by atoms with Gasteiger partial charge in [-0.1, -0.05) is 0 Å². The van der Waals surface area contributed by atoms with E-state index in [1.165, 1.54) is 18.7 Å². The molecule has 14 heavy (non-hydrogen) atoms. The molecule has 3 heteroatoms. The lowest BCUT2D eigenvalue weighted by atomic mass is 10.2. The molecule has 0 aromatic heterocycles. The molecule has 0 amide bonds. The number of nitrogens with two attached hydrogens (primary N) is 1. The second-order valence-electron chi connectivity index (χ2n) is 4.01. The zero-order chi connectivity index (χ0) is 9.97. The quantitative estimate of drug-likeness (QED) is 0.694. The Balaban J connectivity index is 1.94. The van der Waals surface area contributed by atoms with Crippen LogP contribution in [0.5, 0.6) is 0 Å². The van der Waals surface area contributed by atoms with Gasteiger partial charge < -0.3 is 16.0 Å². The van der Waals surface area contributed by atoms with Crippen LogP contribution in [0.15, 0.2) is 24.3 Å². The van der Waals surface area contributed by atoms with E-state index >= 15 is 0 Å². The molecule has 3 N–H and O–H groups in total. The van der Waals surface area contributed by atoms with Crippen molar-refractivity contribution in [3.63, 3.8) is 0 Å². The van der Waals surface area contributed by atoms with Gasteiger partial charge in [-0.25, -0.2) is 0 Å². The first kappa shape index (κ1) is 9.34. The third-order valence-electron chi connectivity index (χ3n) is 2.67. The maximum Gasteiger partial charge on any atom is 0.0400 e. The lowest BCUT2D eigenvalue weighted by Crippen LogP contribution is -2.23. The third kappa shape index (κ3) is 2.17. The molecular formula is C11H17N3. The Morgan fingerprint density at radius 3 is 2.64 bits per heavy atom. The highest BCUT2D eigenvalue weighted by Crippen LogP contribution is 2.15. The van der Waals surface area contributed by atoms with Crippen molar-refractivity contribution in [1.82, 2.24) is 4.90 Å². The largest absolute Gasteiger partial charge is 0.399 e. The monoisotopic (exact) mass is 191 g/mol. The number of benzene rings is 1. The van der Waals surface area contributed by atoms with Gasteiger partial charge in [0.25, 0.3) is 0 Å². The van der Waals surface area contributed by atoms with Crippen LogP contribution in [0.25, 0.3) is 0 Å². The SMILES string of the molecule is CN1CC[C@@H](Nc2ccc(N)cc2)C1. The molecule has 0 saturated carbocycles. The van der Waals surface area contributed by atoms with Crippen LogP contribution in [0.1, 0.15) is 6.42 Å². The van der Waals surface area contributed by atoms with E-state index < -0.39 is 0 Å². The van der Waals surface area contributed by atoms with Gasteiger partial charge in [0.05, 0.1) is 0 Å². The van der Waals surface area contributed by atoms with Gasteiger partial charge in [0, 0.05) is 24.0 Å². The number of nitrogens with zero attached hydrogens (tertiary/aromatic N) is 1. The van der Waals surface area contributed by atoms with Gasteiger partial charge in [-0.05, 0) is 44.3 Å². The van der Waals surface area contributed by atoms with Crippen molar-refractivity contribution in [3.8, 4) is 0 Å². The average Bonchev–Trinajstić information content (AvgIpc) is 2.56. The van der Waals surface area contributed by atoms with Crippen molar-refractivity contribution in [2.45, 2.75) is 12.5 Å². The number of likely N-dealkylation sites (tertiary alicyclic amines) is 1. The number of anilines is 2. The first-order valence-electron chi connectivity index (χ1n) is 5.04. The van der Waals surface area contributed by atoms with Crippen LogP contribution >= 0.6 is 0 Å². The van der Waals surface area contributed by atoms with Gasteiger partial charge in [-0.3, -0.25) is 0 Å². The van der Waals surface area contributed by atoms with Crippen LogP contribution in [0.4, 0.5) is 11.4 Å². The Morgan fingerprint density at radius 2 is 2.07 bits per heavy atom. The van der Waals surface area contributed by atoms with Gasteiger partial charge in [-0.15, -0.1) is 0 Å². The highest BCUT2D eigenvalue weighted by atomic mass is 15.2. The molecule has 2 rings (SSSR count). The fraction of sp³-hybridized carbons (Fsp3) is 0.455. The van der Waals surface area contributed by atoms with Crippen molar-refractivity contribution in [2.75, 3.05) is 31.2 Å². The summed E-state index contributed by atoms with van der Waals surface area (Å²) >= 11 is 0. The second-order valence-corrected chi connectivity index (χ2v) is 4.01. The molecule has 0 unspecified atom stereocenters. The first-order valence-corrected chi connectivity index (χ1v) is 5.04.